The molecule has 2 nitrogen and oxygen atoms in total. The third-order valence-electron chi connectivity index (χ3n) is 4.62. The summed E-state index contributed by atoms with van der Waals surface area (Å²) in [6.07, 6.45) is 2.14. The maximum absolute atomic E-state index is 6.01. The van der Waals surface area contributed by atoms with Crippen molar-refractivity contribution in [1.29, 1.82) is 0 Å². The van der Waals surface area contributed by atoms with Gasteiger partial charge in [0.15, 0.2) is 0 Å². The Kier molecular flexibility index (Phi) is 19.0. The predicted molar refractivity (Wildman–Crippen MR) is 169 cm³/mol. The first-order valence-electron chi connectivity index (χ1n) is 11.8. The van der Waals surface area contributed by atoms with Crippen molar-refractivity contribution in [2.45, 2.75) is 12.8 Å². The number of benzene rings is 2. The minimum absolute atomic E-state index is 0.759. The Hall–Kier alpha value is 0.140. The molecule has 2 rings (SSSR count). The van der Waals surface area contributed by atoms with Crippen LogP contribution in [0.4, 0.5) is 0 Å². The molecule has 0 heterocycles. The summed E-state index contributed by atoms with van der Waals surface area (Å²) in [5, 5.41) is 0. The van der Waals surface area contributed by atoms with Crippen LogP contribution in [0, 0.1) is 0 Å². The summed E-state index contributed by atoms with van der Waals surface area (Å²) in [7, 11) is 0. The molecule has 2 aromatic carbocycles. The van der Waals surface area contributed by atoms with E-state index in [0.29, 0.717) is 0 Å². The van der Waals surface area contributed by atoms with E-state index in [1.165, 1.54) is 23.0 Å². The van der Waals surface area contributed by atoms with Crippen LogP contribution in [0.25, 0.3) is 11.1 Å². The van der Waals surface area contributed by atoms with E-state index >= 15 is 0 Å². The Balaban J connectivity index is 1.66. The van der Waals surface area contributed by atoms with Gasteiger partial charge in [0.1, 0.15) is 11.5 Å². The van der Waals surface area contributed by atoms with Crippen molar-refractivity contribution in [1.82, 2.24) is 0 Å². The zero-order valence-electron chi connectivity index (χ0n) is 19.9. The number of rotatable bonds is 21. The average Bonchev–Trinajstić information content (AvgIpc) is 2.87. The quantitative estimate of drug-likeness (QED) is 0.117. The zero-order valence-corrected chi connectivity index (χ0v) is 24.9. The van der Waals surface area contributed by atoms with Gasteiger partial charge >= 0.3 is 0 Å². The number of hydrogen-bond acceptors (Lipinski definition) is 8. The summed E-state index contributed by atoms with van der Waals surface area (Å²) in [4.78, 5) is 0. The lowest BCUT2D eigenvalue weighted by atomic mass is 10.1. The lowest BCUT2D eigenvalue weighted by Crippen LogP contribution is -2.00. The smallest absolute Gasteiger partial charge is 0.119 e. The highest BCUT2D eigenvalue weighted by atomic mass is 32.2. The summed E-state index contributed by atoms with van der Waals surface area (Å²) in [6.45, 7) is 1.52. The van der Waals surface area contributed by atoms with Crippen molar-refractivity contribution < 1.29 is 9.47 Å². The van der Waals surface area contributed by atoms with E-state index in [1.54, 1.807) is 0 Å². The van der Waals surface area contributed by atoms with Crippen LogP contribution in [-0.4, -0.2) is 70.7 Å². The Bertz CT molecular complexity index is 698. The summed E-state index contributed by atoms with van der Waals surface area (Å²) < 4.78 is 12.0. The molecule has 0 aliphatic carbocycles. The highest BCUT2D eigenvalue weighted by Crippen LogP contribution is 2.27. The zero-order chi connectivity index (χ0) is 24.1. The maximum atomic E-state index is 6.01. The van der Waals surface area contributed by atoms with Crippen LogP contribution >= 0.6 is 72.3 Å². The van der Waals surface area contributed by atoms with Crippen molar-refractivity contribution in [3.05, 3.63) is 48.5 Å². The van der Waals surface area contributed by atoms with Crippen molar-refractivity contribution in [2.24, 2.45) is 0 Å². The van der Waals surface area contributed by atoms with Gasteiger partial charge in [0.2, 0.25) is 0 Å². The molecule has 0 saturated heterocycles. The van der Waals surface area contributed by atoms with E-state index in [0.717, 1.165) is 83.2 Å². The molecule has 0 atom stereocenters. The van der Waals surface area contributed by atoms with E-state index < -0.39 is 0 Å². The van der Waals surface area contributed by atoms with Gasteiger partial charge in [-0.1, -0.05) is 24.3 Å². The molecular formula is C26H38O2S6. The molecule has 34 heavy (non-hydrogen) atoms. The fourth-order valence-corrected chi connectivity index (χ4v) is 7.38. The summed E-state index contributed by atoms with van der Waals surface area (Å²) in [6, 6.07) is 16.7. The standard InChI is InChI=1S/C26H38O2S6/c29-11-15-33-19-17-31-13-3-9-27-25-7-1-5-23(21-25)24-6-2-8-26(22-24)28-10-4-14-32-18-20-34-16-12-30/h1-2,5-8,21-22,29-30H,3-4,9-20H2. The van der Waals surface area contributed by atoms with Crippen LogP contribution in [0.3, 0.4) is 0 Å². The van der Waals surface area contributed by atoms with Crippen molar-refractivity contribution in [3.63, 3.8) is 0 Å². The van der Waals surface area contributed by atoms with E-state index in [-0.39, 0.29) is 0 Å². The van der Waals surface area contributed by atoms with E-state index in [2.05, 4.69) is 61.7 Å². The molecule has 8 heteroatoms. The average molecular weight is 575 g/mol. The first-order chi connectivity index (χ1) is 16.8. The second-order valence-electron chi connectivity index (χ2n) is 7.36. The molecule has 0 amide bonds. The highest BCUT2D eigenvalue weighted by molar-refractivity contribution is 8.03. The van der Waals surface area contributed by atoms with Gasteiger partial charge in [-0.3, -0.25) is 0 Å². The fourth-order valence-electron chi connectivity index (χ4n) is 3.01. The largest absolute Gasteiger partial charge is 0.494 e. The first kappa shape index (κ1) is 30.4. The van der Waals surface area contributed by atoms with Gasteiger partial charge in [0.25, 0.3) is 0 Å². The van der Waals surface area contributed by atoms with Gasteiger partial charge < -0.3 is 9.47 Å². The van der Waals surface area contributed by atoms with Crippen LogP contribution < -0.4 is 9.47 Å². The first-order valence-corrected chi connectivity index (χ1v) is 17.7. The molecule has 0 aromatic heterocycles. The second kappa shape index (κ2) is 21.2. The molecule has 0 fully saturated rings. The summed E-state index contributed by atoms with van der Waals surface area (Å²) in [5.41, 5.74) is 2.32. The van der Waals surface area contributed by atoms with Crippen molar-refractivity contribution in [3.8, 4) is 22.6 Å². The Labute approximate surface area is 235 Å². The normalized spacial score (nSPS) is 11.0. The number of thiol groups is 2. The molecular weight excluding hydrogens is 537 g/mol. The topological polar surface area (TPSA) is 18.5 Å². The highest BCUT2D eigenvalue weighted by Gasteiger charge is 2.03. The number of ether oxygens (including phenoxy) is 2. The van der Waals surface area contributed by atoms with Crippen LogP contribution in [-0.2, 0) is 0 Å². The lowest BCUT2D eigenvalue weighted by Gasteiger charge is -2.10. The fraction of sp³-hybridized carbons (Fsp3) is 0.538. The number of hydrogen-bond donors (Lipinski definition) is 2. The van der Waals surface area contributed by atoms with Crippen LogP contribution in [0.2, 0.25) is 0 Å². The molecule has 0 radical (unpaired) electrons. The summed E-state index contributed by atoms with van der Waals surface area (Å²) >= 11 is 16.5. The monoisotopic (exact) mass is 574 g/mol. The third-order valence-corrected chi connectivity index (χ3v) is 10.3. The second-order valence-corrected chi connectivity index (χ2v) is 13.1. The van der Waals surface area contributed by atoms with Gasteiger partial charge in [0, 0.05) is 34.5 Å². The van der Waals surface area contributed by atoms with Crippen LogP contribution in [0.5, 0.6) is 11.5 Å². The predicted octanol–water partition coefficient (Wildman–Crippen LogP) is 7.68. The molecule has 0 unspecified atom stereocenters. The lowest BCUT2D eigenvalue weighted by molar-refractivity contribution is 0.318. The van der Waals surface area contributed by atoms with Gasteiger partial charge in [-0.25, -0.2) is 0 Å². The van der Waals surface area contributed by atoms with Gasteiger partial charge in [-0.15, -0.1) is 0 Å². The van der Waals surface area contributed by atoms with Crippen LogP contribution in [0.15, 0.2) is 48.5 Å². The molecule has 0 aliphatic rings. The summed E-state index contributed by atoms with van der Waals surface area (Å²) in [5.74, 6) is 13.2. The van der Waals surface area contributed by atoms with Crippen molar-refractivity contribution >= 4 is 72.3 Å². The number of thioether (sulfide) groups is 4. The molecule has 2 aromatic rings. The minimum Gasteiger partial charge on any atom is -0.494 e. The molecule has 0 bridgehead atoms. The van der Waals surface area contributed by atoms with E-state index in [9.17, 15) is 0 Å². The Morgan fingerprint density at radius 3 is 1.35 bits per heavy atom. The van der Waals surface area contributed by atoms with E-state index in [1.807, 2.05) is 59.2 Å². The van der Waals surface area contributed by atoms with Gasteiger partial charge in [-0.05, 0) is 71.2 Å². The third kappa shape index (κ3) is 14.6. The SMILES string of the molecule is SCCSCCSCCCOc1cccc(-c2cccc(OCCCSCCSCCS)c2)c1. The molecule has 0 saturated carbocycles. The molecule has 0 N–H and O–H groups in total. The Morgan fingerprint density at radius 1 is 0.529 bits per heavy atom. The molecule has 0 spiro atoms. The van der Waals surface area contributed by atoms with Crippen molar-refractivity contribution in [2.75, 3.05) is 70.7 Å². The van der Waals surface area contributed by atoms with E-state index in [4.69, 9.17) is 9.47 Å². The Morgan fingerprint density at radius 2 is 0.941 bits per heavy atom. The van der Waals surface area contributed by atoms with Gasteiger partial charge in [0.05, 0.1) is 13.2 Å². The minimum atomic E-state index is 0.759. The maximum Gasteiger partial charge on any atom is 0.119 e. The molecule has 190 valence electrons. The molecule has 0 aliphatic heterocycles. The van der Waals surface area contributed by atoms with Gasteiger partial charge in [-0.2, -0.15) is 72.3 Å². The van der Waals surface area contributed by atoms with Crippen LogP contribution in [0.1, 0.15) is 12.8 Å².